The Morgan fingerprint density at radius 1 is 1.32 bits per heavy atom. The zero-order valence-electron chi connectivity index (χ0n) is 11.5. The molecule has 2 nitrogen and oxygen atoms in total. The molecule has 112 valence electrons. The molecule has 1 aliphatic heterocycles. The Bertz CT molecular complexity index is 304. The maximum atomic E-state index is 12.1. The lowest BCUT2D eigenvalue weighted by Gasteiger charge is -2.50. The molecule has 1 saturated heterocycles. The molecule has 0 bridgehead atoms. The maximum absolute atomic E-state index is 12.1. The van der Waals surface area contributed by atoms with E-state index in [1.54, 1.807) is 0 Å². The van der Waals surface area contributed by atoms with Gasteiger partial charge in [-0.3, -0.25) is 0 Å². The van der Waals surface area contributed by atoms with Crippen LogP contribution in [0.2, 0.25) is 0 Å². The van der Waals surface area contributed by atoms with Crippen molar-refractivity contribution < 1.29 is 18.3 Å². The van der Waals surface area contributed by atoms with Gasteiger partial charge in [0.05, 0.1) is 5.60 Å². The van der Waals surface area contributed by atoms with Gasteiger partial charge in [0.25, 0.3) is 0 Å². The third-order valence-electron chi connectivity index (χ3n) is 4.96. The van der Waals surface area contributed by atoms with Crippen LogP contribution in [0, 0.1) is 11.8 Å². The Labute approximate surface area is 113 Å². The molecule has 19 heavy (non-hydrogen) atoms. The third kappa shape index (κ3) is 3.63. The van der Waals surface area contributed by atoms with Gasteiger partial charge in [-0.15, -0.1) is 0 Å². The van der Waals surface area contributed by atoms with Crippen molar-refractivity contribution in [1.29, 1.82) is 0 Å². The van der Waals surface area contributed by atoms with Crippen LogP contribution in [0.4, 0.5) is 13.2 Å². The molecule has 2 rings (SSSR count). The van der Waals surface area contributed by atoms with Gasteiger partial charge in [-0.1, -0.05) is 13.3 Å². The fourth-order valence-electron chi connectivity index (χ4n) is 3.44. The van der Waals surface area contributed by atoms with Gasteiger partial charge in [0, 0.05) is 19.5 Å². The summed E-state index contributed by atoms with van der Waals surface area (Å²) in [5, 5.41) is 10.7. The highest BCUT2D eigenvalue weighted by Crippen LogP contribution is 2.44. The standard InChI is InChI=1S/C14H24F3NO/c1-11-10-18(8-3-6-14(15,16)17)9-7-13(11,19)12-4-2-5-12/h11-12,19H,2-10H2,1H3/t11-,13+/m1/s1. The van der Waals surface area contributed by atoms with Gasteiger partial charge in [0.1, 0.15) is 0 Å². The summed E-state index contributed by atoms with van der Waals surface area (Å²) < 4.78 is 36.3. The molecule has 2 aliphatic rings. The van der Waals surface area contributed by atoms with Crippen LogP contribution in [0.1, 0.15) is 45.4 Å². The van der Waals surface area contributed by atoms with Gasteiger partial charge in [-0.25, -0.2) is 0 Å². The number of rotatable bonds is 4. The summed E-state index contributed by atoms with van der Waals surface area (Å²) in [6.07, 6.45) is -0.458. The summed E-state index contributed by atoms with van der Waals surface area (Å²) in [5.74, 6) is 0.581. The van der Waals surface area contributed by atoms with Gasteiger partial charge in [0.15, 0.2) is 0 Å². The summed E-state index contributed by atoms with van der Waals surface area (Å²) >= 11 is 0. The molecule has 0 radical (unpaired) electrons. The van der Waals surface area contributed by atoms with Crippen molar-refractivity contribution in [2.75, 3.05) is 19.6 Å². The monoisotopic (exact) mass is 279 g/mol. The number of hydrogen-bond donors (Lipinski definition) is 1. The van der Waals surface area contributed by atoms with Crippen LogP contribution < -0.4 is 0 Å². The van der Waals surface area contributed by atoms with E-state index in [1.165, 1.54) is 6.42 Å². The second-order valence-electron chi connectivity index (χ2n) is 6.29. The van der Waals surface area contributed by atoms with Crippen LogP contribution in [0.25, 0.3) is 0 Å². The number of piperidine rings is 1. The molecule has 1 N–H and O–H groups in total. The Balaban J connectivity index is 1.76. The van der Waals surface area contributed by atoms with E-state index in [-0.39, 0.29) is 12.3 Å². The summed E-state index contributed by atoms with van der Waals surface area (Å²) in [5.41, 5.74) is -0.571. The molecular weight excluding hydrogens is 255 g/mol. The highest BCUT2D eigenvalue weighted by molar-refractivity contribution is 4.98. The van der Waals surface area contributed by atoms with E-state index < -0.39 is 18.2 Å². The minimum absolute atomic E-state index is 0.164. The average Bonchev–Trinajstić information content (AvgIpc) is 2.19. The van der Waals surface area contributed by atoms with E-state index in [2.05, 4.69) is 4.90 Å². The first-order valence-corrected chi connectivity index (χ1v) is 7.33. The highest BCUT2D eigenvalue weighted by atomic mass is 19.4. The van der Waals surface area contributed by atoms with Crippen molar-refractivity contribution in [2.45, 2.75) is 57.2 Å². The van der Waals surface area contributed by atoms with Gasteiger partial charge < -0.3 is 10.0 Å². The van der Waals surface area contributed by atoms with E-state index in [4.69, 9.17) is 0 Å². The van der Waals surface area contributed by atoms with Crippen LogP contribution >= 0.6 is 0 Å². The molecule has 0 aromatic rings. The molecule has 0 aromatic carbocycles. The van der Waals surface area contributed by atoms with Gasteiger partial charge in [-0.05, 0) is 44.1 Å². The summed E-state index contributed by atoms with van der Waals surface area (Å²) in [4.78, 5) is 2.07. The zero-order valence-corrected chi connectivity index (χ0v) is 11.5. The summed E-state index contributed by atoms with van der Waals surface area (Å²) in [6, 6.07) is 0. The lowest BCUT2D eigenvalue weighted by Crippen LogP contribution is -2.56. The number of alkyl halides is 3. The first-order chi connectivity index (χ1) is 8.81. The minimum Gasteiger partial charge on any atom is -0.389 e. The van der Waals surface area contributed by atoms with Crippen molar-refractivity contribution in [3.05, 3.63) is 0 Å². The summed E-state index contributed by atoms with van der Waals surface area (Å²) in [7, 11) is 0. The summed E-state index contributed by atoms with van der Waals surface area (Å²) in [6.45, 7) is 3.99. The Morgan fingerprint density at radius 2 is 2.00 bits per heavy atom. The Hall–Kier alpha value is -0.290. The predicted molar refractivity (Wildman–Crippen MR) is 67.8 cm³/mol. The van der Waals surface area contributed by atoms with E-state index in [0.29, 0.717) is 18.9 Å². The average molecular weight is 279 g/mol. The highest BCUT2D eigenvalue weighted by Gasteiger charge is 2.46. The topological polar surface area (TPSA) is 23.5 Å². The van der Waals surface area contributed by atoms with Crippen LogP contribution in [-0.2, 0) is 0 Å². The second kappa shape index (κ2) is 5.60. The smallest absolute Gasteiger partial charge is 0.389 e. The Morgan fingerprint density at radius 3 is 2.47 bits per heavy atom. The van der Waals surface area contributed by atoms with E-state index in [9.17, 15) is 18.3 Å². The van der Waals surface area contributed by atoms with Crippen LogP contribution in [0.5, 0.6) is 0 Å². The molecule has 0 spiro atoms. The molecule has 1 heterocycles. The van der Waals surface area contributed by atoms with Crippen LogP contribution in [-0.4, -0.2) is 41.4 Å². The molecule has 2 fully saturated rings. The number of halogens is 3. The Kier molecular flexibility index (Phi) is 4.45. The molecule has 5 heteroatoms. The van der Waals surface area contributed by atoms with Crippen molar-refractivity contribution >= 4 is 0 Å². The maximum Gasteiger partial charge on any atom is 0.389 e. The van der Waals surface area contributed by atoms with Crippen molar-refractivity contribution in [1.82, 2.24) is 4.90 Å². The lowest BCUT2D eigenvalue weighted by molar-refractivity contribution is -0.141. The van der Waals surface area contributed by atoms with Crippen LogP contribution in [0.15, 0.2) is 0 Å². The molecule has 1 saturated carbocycles. The van der Waals surface area contributed by atoms with Crippen LogP contribution in [0.3, 0.4) is 0 Å². The number of aliphatic hydroxyl groups is 1. The second-order valence-corrected chi connectivity index (χ2v) is 6.29. The fourth-order valence-corrected chi connectivity index (χ4v) is 3.44. The van der Waals surface area contributed by atoms with Gasteiger partial charge in [0.2, 0.25) is 0 Å². The van der Waals surface area contributed by atoms with Crippen molar-refractivity contribution in [3.63, 3.8) is 0 Å². The van der Waals surface area contributed by atoms with Gasteiger partial charge in [-0.2, -0.15) is 13.2 Å². The number of nitrogens with zero attached hydrogens (tertiary/aromatic N) is 1. The molecule has 1 aliphatic carbocycles. The van der Waals surface area contributed by atoms with Crippen molar-refractivity contribution in [3.8, 4) is 0 Å². The first-order valence-electron chi connectivity index (χ1n) is 7.33. The van der Waals surface area contributed by atoms with E-state index >= 15 is 0 Å². The molecule has 0 amide bonds. The first kappa shape index (κ1) is 15.1. The predicted octanol–water partition coefficient (Wildman–Crippen LogP) is 3.20. The quantitative estimate of drug-likeness (QED) is 0.854. The minimum atomic E-state index is -4.05. The van der Waals surface area contributed by atoms with E-state index in [1.807, 2.05) is 6.92 Å². The normalized spacial score (nSPS) is 34.3. The van der Waals surface area contributed by atoms with Crippen molar-refractivity contribution in [2.24, 2.45) is 11.8 Å². The SMILES string of the molecule is C[C@@H]1CN(CCCC(F)(F)F)CC[C@@]1(O)C1CCC1. The third-order valence-corrected chi connectivity index (χ3v) is 4.96. The molecule has 0 aromatic heterocycles. The fraction of sp³-hybridized carbons (Fsp3) is 1.00. The van der Waals surface area contributed by atoms with Gasteiger partial charge >= 0.3 is 6.18 Å². The lowest BCUT2D eigenvalue weighted by atomic mass is 9.65. The largest absolute Gasteiger partial charge is 0.389 e. The number of hydrogen-bond acceptors (Lipinski definition) is 2. The molecule has 0 unspecified atom stereocenters. The molecule has 2 atom stereocenters. The number of likely N-dealkylation sites (tertiary alicyclic amines) is 1. The van der Waals surface area contributed by atoms with E-state index in [0.717, 1.165) is 25.9 Å². The zero-order chi connectivity index (χ0) is 14.1. The molecular formula is C14H24F3NO.